The maximum atomic E-state index is 12.6. The van der Waals surface area contributed by atoms with Crippen LogP contribution in [0, 0.1) is 11.8 Å². The fraction of sp³-hybridized carbons (Fsp3) is 0.579. The number of piperazine rings is 1. The van der Waals surface area contributed by atoms with E-state index in [-0.39, 0.29) is 42.9 Å². The summed E-state index contributed by atoms with van der Waals surface area (Å²) >= 11 is 0. The number of amides is 2. The van der Waals surface area contributed by atoms with Crippen molar-refractivity contribution in [3.05, 3.63) is 29.8 Å². The molecule has 1 aliphatic carbocycles. The lowest BCUT2D eigenvalue weighted by Gasteiger charge is -2.41. The molecule has 3 fully saturated rings. The molecule has 2 saturated heterocycles. The summed E-state index contributed by atoms with van der Waals surface area (Å²) < 4.78 is 4.74. The van der Waals surface area contributed by atoms with Crippen molar-refractivity contribution in [2.45, 2.75) is 19.0 Å². The Kier molecular flexibility index (Phi) is 7.42. The number of ether oxygens (including phenoxy) is 1. The lowest BCUT2D eigenvalue weighted by molar-refractivity contribution is 0.0600. The van der Waals surface area contributed by atoms with E-state index in [0.29, 0.717) is 30.0 Å². The summed E-state index contributed by atoms with van der Waals surface area (Å²) in [6, 6.07) is 8.01. The summed E-state index contributed by atoms with van der Waals surface area (Å²) in [7, 11) is 1.38. The highest BCUT2D eigenvalue weighted by atomic mass is 35.5. The first kappa shape index (κ1) is 22.6. The number of methoxy groups -OCH3 is 1. The summed E-state index contributed by atoms with van der Waals surface area (Å²) in [6.45, 7) is 6.41. The van der Waals surface area contributed by atoms with Crippen LogP contribution in [-0.2, 0) is 4.74 Å². The second kappa shape index (κ2) is 9.20. The van der Waals surface area contributed by atoms with Gasteiger partial charge in [0.15, 0.2) is 0 Å². The molecule has 28 heavy (non-hydrogen) atoms. The van der Waals surface area contributed by atoms with Crippen LogP contribution in [0.4, 0.5) is 10.5 Å². The zero-order valence-electron chi connectivity index (χ0n) is 16.1. The van der Waals surface area contributed by atoms with Gasteiger partial charge in [0.2, 0.25) is 0 Å². The second-order valence-electron chi connectivity index (χ2n) is 7.49. The molecule has 2 amide bonds. The average molecular weight is 431 g/mol. The van der Waals surface area contributed by atoms with Crippen LogP contribution < -0.4 is 15.5 Å². The number of rotatable bonds is 3. The van der Waals surface area contributed by atoms with Gasteiger partial charge in [-0.15, -0.1) is 24.8 Å². The summed E-state index contributed by atoms with van der Waals surface area (Å²) in [5.74, 6) is 0.930. The lowest BCUT2D eigenvalue weighted by Crippen LogP contribution is -2.57. The van der Waals surface area contributed by atoms with Crippen molar-refractivity contribution in [2.75, 3.05) is 44.7 Å². The maximum absolute atomic E-state index is 12.6. The third-order valence-electron chi connectivity index (χ3n) is 5.92. The number of hydrogen-bond acceptors (Lipinski definition) is 5. The SMILES string of the molecule is COC(=O)c1ccc(N2CCN(C(=O)NC3[C@H]4CNC[C@@H]34)C(C)C2)cc1.Cl.Cl. The molecule has 0 spiro atoms. The van der Waals surface area contributed by atoms with Crippen LogP contribution in [0.2, 0.25) is 0 Å². The zero-order chi connectivity index (χ0) is 18.3. The first-order valence-corrected chi connectivity index (χ1v) is 9.29. The smallest absolute Gasteiger partial charge is 0.337 e. The Bertz CT molecular complexity index is 693. The molecule has 2 unspecified atom stereocenters. The molecule has 2 aliphatic heterocycles. The number of esters is 1. The molecular weight excluding hydrogens is 403 g/mol. The number of nitrogens with one attached hydrogen (secondary N) is 2. The number of benzene rings is 1. The molecule has 1 aromatic carbocycles. The van der Waals surface area contributed by atoms with Gasteiger partial charge in [0.05, 0.1) is 12.7 Å². The van der Waals surface area contributed by atoms with E-state index >= 15 is 0 Å². The maximum Gasteiger partial charge on any atom is 0.337 e. The fourth-order valence-electron chi connectivity index (χ4n) is 4.28. The molecule has 3 aliphatic rings. The Balaban J connectivity index is 0.00000140. The molecule has 156 valence electrons. The Morgan fingerprint density at radius 3 is 2.32 bits per heavy atom. The molecule has 7 nitrogen and oxygen atoms in total. The number of anilines is 1. The quantitative estimate of drug-likeness (QED) is 0.714. The molecule has 2 heterocycles. The summed E-state index contributed by atoms with van der Waals surface area (Å²) in [5, 5.41) is 6.57. The molecule has 4 rings (SSSR count). The molecule has 0 radical (unpaired) electrons. The summed E-state index contributed by atoms with van der Waals surface area (Å²) in [5.41, 5.74) is 1.61. The monoisotopic (exact) mass is 430 g/mol. The van der Waals surface area contributed by atoms with Gasteiger partial charge in [0.25, 0.3) is 0 Å². The minimum atomic E-state index is -0.327. The van der Waals surface area contributed by atoms with E-state index in [1.807, 2.05) is 17.0 Å². The largest absolute Gasteiger partial charge is 0.465 e. The van der Waals surface area contributed by atoms with Gasteiger partial charge in [0.1, 0.15) is 0 Å². The van der Waals surface area contributed by atoms with E-state index in [4.69, 9.17) is 4.74 Å². The molecule has 1 aromatic rings. The predicted molar refractivity (Wildman–Crippen MR) is 113 cm³/mol. The van der Waals surface area contributed by atoms with Crippen molar-refractivity contribution in [1.29, 1.82) is 0 Å². The van der Waals surface area contributed by atoms with Gasteiger partial charge in [0, 0.05) is 50.5 Å². The van der Waals surface area contributed by atoms with Crippen molar-refractivity contribution >= 4 is 42.5 Å². The van der Waals surface area contributed by atoms with Crippen LogP contribution in [0.25, 0.3) is 0 Å². The normalized spacial score (nSPS) is 27.8. The predicted octanol–water partition coefficient (Wildman–Crippen LogP) is 1.75. The molecule has 4 atom stereocenters. The fourth-order valence-corrected chi connectivity index (χ4v) is 4.28. The van der Waals surface area contributed by atoms with E-state index < -0.39 is 0 Å². The molecular formula is C19H28Cl2N4O3. The number of nitrogens with zero attached hydrogens (tertiary/aromatic N) is 2. The van der Waals surface area contributed by atoms with Crippen LogP contribution in [-0.4, -0.2) is 68.8 Å². The van der Waals surface area contributed by atoms with Gasteiger partial charge in [-0.25, -0.2) is 9.59 Å². The Morgan fingerprint density at radius 2 is 1.75 bits per heavy atom. The van der Waals surface area contributed by atoms with Gasteiger partial charge >= 0.3 is 12.0 Å². The van der Waals surface area contributed by atoms with Gasteiger partial charge in [-0.3, -0.25) is 0 Å². The number of urea groups is 1. The van der Waals surface area contributed by atoms with Gasteiger partial charge in [-0.05, 0) is 43.0 Å². The first-order chi connectivity index (χ1) is 12.6. The number of carbonyl (C=O) groups is 2. The molecule has 1 saturated carbocycles. The van der Waals surface area contributed by atoms with Crippen molar-refractivity contribution in [3.8, 4) is 0 Å². The van der Waals surface area contributed by atoms with E-state index in [0.717, 1.165) is 31.9 Å². The molecule has 2 N–H and O–H groups in total. The van der Waals surface area contributed by atoms with Crippen LogP contribution in [0.5, 0.6) is 0 Å². The van der Waals surface area contributed by atoms with Crippen molar-refractivity contribution in [3.63, 3.8) is 0 Å². The van der Waals surface area contributed by atoms with Crippen molar-refractivity contribution < 1.29 is 14.3 Å². The molecule has 0 bridgehead atoms. The standard InChI is InChI=1S/C19H26N4O3.2ClH/c1-12-11-22(14-5-3-13(4-6-14)18(24)26-2)7-8-23(12)19(25)21-17-15-9-20-10-16(15)17;;/h3-6,12,15-17,20H,7-11H2,1-2H3,(H,21,25);2*1H/t12?,15-,16+,17?;;. The third-order valence-corrected chi connectivity index (χ3v) is 5.92. The van der Waals surface area contributed by atoms with Gasteiger partial charge < -0.3 is 25.2 Å². The van der Waals surface area contributed by atoms with Crippen LogP contribution in [0.1, 0.15) is 17.3 Å². The average Bonchev–Trinajstić information content (AvgIpc) is 3.07. The summed E-state index contributed by atoms with van der Waals surface area (Å²) in [4.78, 5) is 28.4. The highest BCUT2D eigenvalue weighted by Crippen LogP contribution is 2.41. The lowest BCUT2D eigenvalue weighted by atomic mass is 10.1. The van der Waals surface area contributed by atoms with Gasteiger partial charge in [-0.1, -0.05) is 0 Å². The number of hydrogen-bond donors (Lipinski definition) is 2. The molecule has 9 heteroatoms. The van der Waals surface area contributed by atoms with E-state index in [1.54, 1.807) is 12.1 Å². The minimum Gasteiger partial charge on any atom is -0.465 e. The topological polar surface area (TPSA) is 73.9 Å². The van der Waals surface area contributed by atoms with E-state index in [1.165, 1.54) is 7.11 Å². The van der Waals surface area contributed by atoms with E-state index in [9.17, 15) is 9.59 Å². The third kappa shape index (κ3) is 4.31. The highest BCUT2D eigenvalue weighted by molar-refractivity contribution is 5.89. The van der Waals surface area contributed by atoms with Crippen molar-refractivity contribution in [2.24, 2.45) is 11.8 Å². The van der Waals surface area contributed by atoms with Crippen LogP contribution in [0.15, 0.2) is 24.3 Å². The van der Waals surface area contributed by atoms with E-state index in [2.05, 4.69) is 22.5 Å². The number of fused-ring (bicyclic) bond motifs is 1. The first-order valence-electron chi connectivity index (χ1n) is 9.29. The Hall–Kier alpha value is -1.70. The minimum absolute atomic E-state index is 0. The highest BCUT2D eigenvalue weighted by Gasteiger charge is 2.54. The number of piperidine rings is 1. The van der Waals surface area contributed by atoms with Gasteiger partial charge in [-0.2, -0.15) is 0 Å². The van der Waals surface area contributed by atoms with Crippen molar-refractivity contribution in [1.82, 2.24) is 15.5 Å². The summed E-state index contributed by atoms with van der Waals surface area (Å²) in [6.07, 6.45) is 0. The number of halogens is 2. The Labute approximate surface area is 178 Å². The number of carbonyl (C=O) groups excluding carboxylic acids is 2. The molecule has 0 aromatic heterocycles. The zero-order valence-corrected chi connectivity index (χ0v) is 17.7. The van der Waals surface area contributed by atoms with Crippen LogP contribution in [0.3, 0.4) is 0 Å². The van der Waals surface area contributed by atoms with Crippen LogP contribution >= 0.6 is 24.8 Å². The Morgan fingerprint density at radius 1 is 1.11 bits per heavy atom. The second-order valence-corrected chi connectivity index (χ2v) is 7.49.